The molecule has 30 heavy (non-hydrogen) atoms. The molecule has 0 bridgehead atoms. The molecule has 1 aliphatic heterocycles. The number of amidine groups is 2. The van der Waals surface area contributed by atoms with Crippen LogP contribution in [-0.4, -0.2) is 36.3 Å². The second-order valence-corrected chi connectivity index (χ2v) is 6.63. The molecule has 0 aliphatic carbocycles. The Hall–Kier alpha value is -4.04. The summed E-state index contributed by atoms with van der Waals surface area (Å²) in [5.74, 6) is 0.618. The smallest absolute Gasteiger partial charge is 0.250 e. The van der Waals surface area contributed by atoms with Gasteiger partial charge in [0, 0.05) is 30.1 Å². The summed E-state index contributed by atoms with van der Waals surface area (Å²) in [7, 11) is 1.46. The number of hydrogen-bond donors (Lipinski definition) is 4. The first-order valence-corrected chi connectivity index (χ1v) is 9.26. The van der Waals surface area contributed by atoms with Crippen LogP contribution in [0.2, 0.25) is 0 Å². The Morgan fingerprint density at radius 3 is 2.67 bits per heavy atom. The molecule has 0 saturated carbocycles. The van der Waals surface area contributed by atoms with Crippen LogP contribution in [0.15, 0.2) is 66.9 Å². The number of nitrogens with zero attached hydrogens (tertiary/aromatic N) is 2. The largest absolute Gasteiger partial charge is 0.375 e. The second-order valence-electron chi connectivity index (χ2n) is 6.63. The molecule has 0 spiro atoms. The Kier molecular flexibility index (Phi) is 5.23. The van der Waals surface area contributed by atoms with Crippen molar-refractivity contribution in [2.75, 3.05) is 29.3 Å². The number of anilines is 4. The van der Waals surface area contributed by atoms with Crippen molar-refractivity contribution in [1.29, 1.82) is 10.8 Å². The Morgan fingerprint density at radius 1 is 1.13 bits per heavy atom. The minimum Gasteiger partial charge on any atom is -0.375 e. The summed E-state index contributed by atoms with van der Waals surface area (Å²) < 4.78 is 4.81. The normalized spacial score (nSPS) is 12.3. The molecule has 0 fully saturated rings. The van der Waals surface area contributed by atoms with Crippen molar-refractivity contribution in [2.24, 2.45) is 0 Å². The number of fused-ring (bicyclic) bond motifs is 2. The van der Waals surface area contributed by atoms with E-state index in [1.807, 2.05) is 30.3 Å². The fourth-order valence-corrected chi connectivity index (χ4v) is 3.24. The average Bonchev–Trinajstić information content (AvgIpc) is 2.88. The molecule has 0 atom stereocenters. The van der Waals surface area contributed by atoms with Crippen molar-refractivity contribution < 1.29 is 9.53 Å². The summed E-state index contributed by atoms with van der Waals surface area (Å²) in [6.45, 7) is -0.0291. The number of pyridine rings is 1. The molecule has 4 N–H and O–H groups in total. The van der Waals surface area contributed by atoms with Crippen molar-refractivity contribution in [3.63, 3.8) is 0 Å². The van der Waals surface area contributed by atoms with Crippen molar-refractivity contribution >= 4 is 40.5 Å². The van der Waals surface area contributed by atoms with Crippen LogP contribution in [0, 0.1) is 10.8 Å². The SMILES string of the molecule is COCC(=O)Nc1ccc(C(=N)N2C(=N)c3ccccc3Nc3ncccc32)cc1. The number of aromatic nitrogens is 1. The van der Waals surface area contributed by atoms with Crippen LogP contribution in [0.4, 0.5) is 22.9 Å². The van der Waals surface area contributed by atoms with E-state index in [2.05, 4.69) is 15.6 Å². The van der Waals surface area contributed by atoms with Crippen molar-refractivity contribution in [3.05, 3.63) is 78.0 Å². The van der Waals surface area contributed by atoms with Gasteiger partial charge in [0.1, 0.15) is 18.3 Å². The lowest BCUT2D eigenvalue weighted by molar-refractivity contribution is -0.119. The summed E-state index contributed by atoms with van der Waals surface area (Å²) >= 11 is 0. The van der Waals surface area contributed by atoms with E-state index >= 15 is 0 Å². The minimum atomic E-state index is -0.252. The van der Waals surface area contributed by atoms with Crippen LogP contribution in [0.25, 0.3) is 0 Å². The van der Waals surface area contributed by atoms with Gasteiger partial charge in [0.15, 0.2) is 5.82 Å². The Balaban J connectivity index is 1.69. The van der Waals surface area contributed by atoms with E-state index in [9.17, 15) is 4.79 Å². The van der Waals surface area contributed by atoms with Crippen molar-refractivity contribution in [3.8, 4) is 0 Å². The highest BCUT2D eigenvalue weighted by Gasteiger charge is 2.28. The molecule has 1 aromatic heterocycles. The van der Waals surface area contributed by atoms with Crippen molar-refractivity contribution in [1.82, 2.24) is 4.98 Å². The van der Waals surface area contributed by atoms with Gasteiger partial charge in [-0.25, -0.2) is 4.98 Å². The van der Waals surface area contributed by atoms with Gasteiger partial charge in [0.05, 0.1) is 11.4 Å². The Bertz CT molecular complexity index is 1130. The number of carbonyl (C=O) groups is 1. The maximum absolute atomic E-state index is 11.7. The van der Waals surface area contributed by atoms with Crippen LogP contribution in [0.1, 0.15) is 11.1 Å². The third-order valence-corrected chi connectivity index (χ3v) is 4.63. The summed E-state index contributed by atoms with van der Waals surface area (Å²) in [5, 5.41) is 23.6. The molecule has 0 unspecified atom stereocenters. The third kappa shape index (κ3) is 3.63. The molecular formula is C22H20N6O2. The predicted octanol–water partition coefficient (Wildman–Crippen LogP) is 3.58. The topological polar surface area (TPSA) is 114 Å². The van der Waals surface area contributed by atoms with Gasteiger partial charge in [-0.1, -0.05) is 12.1 Å². The highest BCUT2D eigenvalue weighted by atomic mass is 16.5. The fourth-order valence-electron chi connectivity index (χ4n) is 3.24. The Morgan fingerprint density at radius 2 is 1.90 bits per heavy atom. The zero-order valence-electron chi connectivity index (χ0n) is 16.3. The number of rotatable bonds is 4. The van der Waals surface area contributed by atoms with Gasteiger partial charge >= 0.3 is 0 Å². The lowest BCUT2D eigenvalue weighted by Gasteiger charge is -2.25. The number of ether oxygens (including phenoxy) is 1. The molecule has 4 rings (SSSR count). The molecule has 1 aliphatic rings. The van der Waals surface area contributed by atoms with Crippen LogP contribution in [0.3, 0.4) is 0 Å². The van der Waals surface area contributed by atoms with Gasteiger partial charge in [-0.15, -0.1) is 0 Å². The molecule has 0 saturated heterocycles. The van der Waals surface area contributed by atoms with Crippen LogP contribution < -0.4 is 15.5 Å². The van der Waals surface area contributed by atoms with E-state index < -0.39 is 0 Å². The summed E-state index contributed by atoms with van der Waals surface area (Å²) in [6.07, 6.45) is 1.67. The van der Waals surface area contributed by atoms with E-state index in [4.69, 9.17) is 15.6 Å². The van der Waals surface area contributed by atoms with Crippen LogP contribution in [0.5, 0.6) is 0 Å². The van der Waals surface area contributed by atoms with E-state index in [1.54, 1.807) is 41.4 Å². The first-order valence-electron chi connectivity index (χ1n) is 9.26. The molecule has 1 amide bonds. The molecule has 150 valence electrons. The number of benzene rings is 2. The average molecular weight is 400 g/mol. The quantitative estimate of drug-likeness (QED) is 0.395. The number of hydrogen-bond acceptors (Lipinski definition) is 6. The third-order valence-electron chi connectivity index (χ3n) is 4.63. The standard InChI is InChI=1S/C22H20N6O2/c1-30-13-19(29)26-15-10-8-14(9-11-15)20(23)28-18-7-4-12-25-22(18)27-17-6-3-2-5-16(17)21(28)24/h2-12,23-24H,13H2,1H3,(H,25,27)(H,26,29). The van der Waals surface area contributed by atoms with Gasteiger partial charge in [0.25, 0.3) is 0 Å². The number of para-hydroxylation sites is 1. The minimum absolute atomic E-state index is 0.0291. The lowest BCUT2D eigenvalue weighted by Crippen LogP contribution is -2.36. The Labute approximate surface area is 173 Å². The monoisotopic (exact) mass is 400 g/mol. The van der Waals surface area contributed by atoms with Gasteiger partial charge in [0.2, 0.25) is 5.91 Å². The molecule has 2 aromatic carbocycles. The van der Waals surface area contributed by atoms with Gasteiger partial charge in [-0.05, 0) is 48.5 Å². The molecule has 2 heterocycles. The molecule has 8 nitrogen and oxygen atoms in total. The summed E-state index contributed by atoms with van der Waals surface area (Å²) in [4.78, 5) is 17.6. The number of carbonyl (C=O) groups excluding carboxylic acids is 1. The predicted molar refractivity (Wildman–Crippen MR) is 117 cm³/mol. The number of nitrogens with one attached hydrogen (secondary N) is 4. The van der Waals surface area contributed by atoms with E-state index in [0.717, 1.165) is 5.69 Å². The zero-order chi connectivity index (χ0) is 21.1. The highest BCUT2D eigenvalue weighted by molar-refractivity contribution is 6.30. The maximum atomic E-state index is 11.7. The lowest BCUT2D eigenvalue weighted by atomic mass is 10.1. The van der Waals surface area contributed by atoms with E-state index in [0.29, 0.717) is 28.3 Å². The molecule has 8 heteroatoms. The second kappa shape index (κ2) is 8.14. The van der Waals surface area contributed by atoms with E-state index in [1.165, 1.54) is 7.11 Å². The molecule has 3 aromatic rings. The van der Waals surface area contributed by atoms with Gasteiger partial charge in [-0.3, -0.25) is 20.5 Å². The first-order chi connectivity index (χ1) is 14.6. The summed E-state index contributed by atoms with van der Waals surface area (Å²) in [6, 6.07) is 18.0. The maximum Gasteiger partial charge on any atom is 0.250 e. The molecule has 0 radical (unpaired) electrons. The van der Waals surface area contributed by atoms with Crippen molar-refractivity contribution in [2.45, 2.75) is 0 Å². The van der Waals surface area contributed by atoms with Crippen LogP contribution in [-0.2, 0) is 9.53 Å². The number of amides is 1. The number of methoxy groups -OCH3 is 1. The van der Waals surface area contributed by atoms with E-state index in [-0.39, 0.29) is 24.2 Å². The fraction of sp³-hybridized carbons (Fsp3) is 0.0909. The molecular weight excluding hydrogens is 380 g/mol. The summed E-state index contributed by atoms with van der Waals surface area (Å²) in [5.41, 5.74) is 3.24. The first kappa shape index (κ1) is 19.3. The van der Waals surface area contributed by atoms with Crippen LogP contribution >= 0.6 is 0 Å². The zero-order valence-corrected chi connectivity index (χ0v) is 16.3. The van der Waals surface area contributed by atoms with Gasteiger partial charge < -0.3 is 15.4 Å². The van der Waals surface area contributed by atoms with Gasteiger partial charge in [-0.2, -0.15) is 0 Å². The highest BCUT2D eigenvalue weighted by Crippen LogP contribution is 2.34.